The van der Waals surface area contributed by atoms with E-state index in [1.165, 1.54) is 38.5 Å². The summed E-state index contributed by atoms with van der Waals surface area (Å²) in [6.45, 7) is 0.911. The molecule has 1 unspecified atom stereocenters. The fraction of sp³-hybridized carbons (Fsp3) is 0.917. The van der Waals surface area contributed by atoms with Gasteiger partial charge in [-0.25, -0.2) is 0 Å². The summed E-state index contributed by atoms with van der Waals surface area (Å²) in [4.78, 5) is 11.3. The van der Waals surface area contributed by atoms with E-state index in [0.29, 0.717) is 11.8 Å². The lowest BCUT2D eigenvalue weighted by Crippen LogP contribution is -2.19. The predicted molar refractivity (Wildman–Crippen MR) is 56.9 cm³/mol. The molecule has 2 aliphatic rings. The third-order valence-corrected chi connectivity index (χ3v) is 3.81. The van der Waals surface area contributed by atoms with E-state index in [1.54, 1.807) is 0 Å². The number of nitrogens with one attached hydrogen (secondary N) is 1. The smallest absolute Gasteiger partial charge is 0.223 e. The Kier molecular flexibility index (Phi) is 3.44. The van der Waals surface area contributed by atoms with Gasteiger partial charge in [0.05, 0.1) is 0 Å². The third kappa shape index (κ3) is 2.49. The van der Waals surface area contributed by atoms with E-state index in [2.05, 4.69) is 5.32 Å². The van der Waals surface area contributed by atoms with Crippen LogP contribution in [0.3, 0.4) is 0 Å². The van der Waals surface area contributed by atoms with Gasteiger partial charge in [-0.1, -0.05) is 32.1 Å². The van der Waals surface area contributed by atoms with Crippen LogP contribution in [0.1, 0.15) is 51.4 Å². The Labute approximate surface area is 86.5 Å². The van der Waals surface area contributed by atoms with Crippen molar-refractivity contribution < 1.29 is 4.79 Å². The minimum atomic E-state index is 0.306. The number of hydrogen-bond acceptors (Lipinski definition) is 1. The molecule has 0 bridgehead atoms. The Balaban J connectivity index is 1.68. The van der Waals surface area contributed by atoms with E-state index in [1.807, 2.05) is 0 Å². The summed E-state index contributed by atoms with van der Waals surface area (Å²) in [7, 11) is 0. The van der Waals surface area contributed by atoms with E-state index in [-0.39, 0.29) is 0 Å². The molecule has 1 heterocycles. The van der Waals surface area contributed by atoms with Crippen LogP contribution in [0.15, 0.2) is 0 Å². The molecular weight excluding hydrogens is 174 g/mol. The summed E-state index contributed by atoms with van der Waals surface area (Å²) < 4.78 is 0. The first-order valence-corrected chi connectivity index (χ1v) is 6.14. The highest BCUT2D eigenvalue weighted by atomic mass is 16.2. The highest BCUT2D eigenvalue weighted by Crippen LogP contribution is 2.29. The van der Waals surface area contributed by atoms with Crippen LogP contribution in [0.2, 0.25) is 0 Å². The SMILES string of the molecule is O=C1NCCC1CCC1CCCCC1. The van der Waals surface area contributed by atoms with Gasteiger partial charge in [0, 0.05) is 12.5 Å². The van der Waals surface area contributed by atoms with Gasteiger partial charge in [0.1, 0.15) is 0 Å². The molecule has 0 spiro atoms. The lowest BCUT2D eigenvalue weighted by molar-refractivity contribution is -0.122. The fourth-order valence-electron chi connectivity index (χ4n) is 2.83. The van der Waals surface area contributed by atoms with Crippen LogP contribution < -0.4 is 5.32 Å². The van der Waals surface area contributed by atoms with Crippen molar-refractivity contribution in [3.63, 3.8) is 0 Å². The summed E-state index contributed by atoms with van der Waals surface area (Å²) in [5.74, 6) is 1.58. The fourth-order valence-corrected chi connectivity index (χ4v) is 2.83. The van der Waals surface area contributed by atoms with Crippen LogP contribution in [0.25, 0.3) is 0 Å². The van der Waals surface area contributed by atoms with Crippen molar-refractivity contribution in [2.45, 2.75) is 51.4 Å². The highest BCUT2D eigenvalue weighted by molar-refractivity contribution is 5.80. The number of rotatable bonds is 3. The number of carbonyl (C=O) groups is 1. The average molecular weight is 195 g/mol. The van der Waals surface area contributed by atoms with Crippen molar-refractivity contribution in [2.24, 2.45) is 11.8 Å². The monoisotopic (exact) mass is 195 g/mol. The quantitative estimate of drug-likeness (QED) is 0.736. The second-order valence-electron chi connectivity index (χ2n) is 4.86. The first kappa shape index (κ1) is 10.0. The van der Waals surface area contributed by atoms with Crippen LogP contribution in [0.5, 0.6) is 0 Å². The van der Waals surface area contributed by atoms with Crippen molar-refractivity contribution >= 4 is 5.91 Å². The van der Waals surface area contributed by atoms with Crippen molar-refractivity contribution in [3.05, 3.63) is 0 Å². The first-order valence-electron chi connectivity index (χ1n) is 6.14. The topological polar surface area (TPSA) is 29.1 Å². The predicted octanol–water partition coefficient (Wildman–Crippen LogP) is 2.48. The zero-order chi connectivity index (χ0) is 9.80. The van der Waals surface area contributed by atoms with E-state index in [0.717, 1.165) is 25.3 Å². The van der Waals surface area contributed by atoms with Gasteiger partial charge in [0.25, 0.3) is 0 Å². The molecule has 0 radical (unpaired) electrons. The molecule has 0 aromatic rings. The maximum atomic E-state index is 11.3. The molecule has 2 fully saturated rings. The van der Waals surface area contributed by atoms with E-state index in [9.17, 15) is 4.79 Å². The van der Waals surface area contributed by atoms with E-state index < -0.39 is 0 Å². The summed E-state index contributed by atoms with van der Waals surface area (Å²) in [6.07, 6.45) is 10.6. The Bertz CT molecular complexity index is 196. The summed E-state index contributed by atoms with van der Waals surface area (Å²) >= 11 is 0. The molecule has 1 saturated heterocycles. The number of amides is 1. The molecule has 2 heteroatoms. The van der Waals surface area contributed by atoms with Gasteiger partial charge in [-0.3, -0.25) is 4.79 Å². The zero-order valence-corrected chi connectivity index (χ0v) is 8.93. The van der Waals surface area contributed by atoms with Crippen molar-refractivity contribution in [3.8, 4) is 0 Å². The molecule has 1 atom stereocenters. The second-order valence-corrected chi connectivity index (χ2v) is 4.86. The Hall–Kier alpha value is -0.530. The molecule has 2 nitrogen and oxygen atoms in total. The molecule has 1 aliphatic carbocycles. The maximum absolute atomic E-state index is 11.3. The first-order chi connectivity index (χ1) is 6.86. The standard InChI is InChI=1S/C12H21NO/c14-12-11(8-9-13-12)7-6-10-4-2-1-3-5-10/h10-11H,1-9H2,(H,13,14). The number of hydrogen-bond donors (Lipinski definition) is 1. The molecule has 2 rings (SSSR count). The van der Waals surface area contributed by atoms with Gasteiger partial charge in [0.2, 0.25) is 5.91 Å². The Morgan fingerprint density at radius 1 is 1.07 bits per heavy atom. The van der Waals surface area contributed by atoms with Gasteiger partial charge >= 0.3 is 0 Å². The Morgan fingerprint density at radius 3 is 2.50 bits per heavy atom. The number of carbonyl (C=O) groups excluding carboxylic acids is 1. The van der Waals surface area contributed by atoms with Gasteiger partial charge in [-0.2, -0.15) is 0 Å². The lowest BCUT2D eigenvalue weighted by Gasteiger charge is -2.22. The van der Waals surface area contributed by atoms with E-state index >= 15 is 0 Å². The summed E-state index contributed by atoms with van der Waals surface area (Å²) in [5, 5.41) is 2.92. The molecule has 1 aliphatic heterocycles. The van der Waals surface area contributed by atoms with E-state index in [4.69, 9.17) is 0 Å². The van der Waals surface area contributed by atoms with Gasteiger partial charge in [-0.05, 0) is 25.2 Å². The lowest BCUT2D eigenvalue weighted by atomic mass is 9.84. The van der Waals surface area contributed by atoms with Crippen LogP contribution in [-0.2, 0) is 4.79 Å². The minimum Gasteiger partial charge on any atom is -0.356 e. The molecule has 0 aromatic heterocycles. The summed E-state index contributed by atoms with van der Waals surface area (Å²) in [5.41, 5.74) is 0. The molecule has 14 heavy (non-hydrogen) atoms. The van der Waals surface area contributed by atoms with Crippen molar-refractivity contribution in [1.82, 2.24) is 5.32 Å². The van der Waals surface area contributed by atoms with Crippen molar-refractivity contribution in [2.75, 3.05) is 6.54 Å². The average Bonchev–Trinajstić information content (AvgIpc) is 2.63. The molecule has 1 saturated carbocycles. The van der Waals surface area contributed by atoms with Crippen LogP contribution >= 0.6 is 0 Å². The van der Waals surface area contributed by atoms with Crippen LogP contribution in [-0.4, -0.2) is 12.5 Å². The van der Waals surface area contributed by atoms with Gasteiger partial charge < -0.3 is 5.32 Å². The maximum Gasteiger partial charge on any atom is 0.223 e. The van der Waals surface area contributed by atoms with Crippen LogP contribution in [0.4, 0.5) is 0 Å². The van der Waals surface area contributed by atoms with Crippen LogP contribution in [0, 0.1) is 11.8 Å². The van der Waals surface area contributed by atoms with Gasteiger partial charge in [0.15, 0.2) is 0 Å². The molecule has 0 aromatic carbocycles. The molecule has 1 N–H and O–H groups in total. The highest BCUT2D eigenvalue weighted by Gasteiger charge is 2.25. The molecule has 1 amide bonds. The second kappa shape index (κ2) is 4.81. The molecular formula is C12H21NO. The zero-order valence-electron chi connectivity index (χ0n) is 8.93. The van der Waals surface area contributed by atoms with Gasteiger partial charge in [-0.15, -0.1) is 0 Å². The minimum absolute atomic E-state index is 0.306. The van der Waals surface area contributed by atoms with Crippen molar-refractivity contribution in [1.29, 1.82) is 0 Å². The summed E-state index contributed by atoms with van der Waals surface area (Å²) in [6, 6.07) is 0. The normalized spacial score (nSPS) is 29.1. The third-order valence-electron chi connectivity index (χ3n) is 3.81. The molecule has 80 valence electrons. The largest absolute Gasteiger partial charge is 0.356 e. The Morgan fingerprint density at radius 2 is 1.86 bits per heavy atom.